The van der Waals surface area contributed by atoms with Gasteiger partial charge in [-0.05, 0) is 73.6 Å². The molecule has 0 saturated carbocycles. The van der Waals surface area contributed by atoms with E-state index in [1.54, 1.807) is 22.1 Å². The molecule has 0 bridgehead atoms. The Kier molecular flexibility index (Phi) is 7.17. The molecule has 1 aliphatic rings. The first-order valence-corrected chi connectivity index (χ1v) is 13.9. The van der Waals surface area contributed by atoms with Gasteiger partial charge in [0, 0.05) is 9.35 Å². The molecule has 0 saturated heterocycles. The number of hydrogen-bond donors (Lipinski definition) is 1. The summed E-state index contributed by atoms with van der Waals surface area (Å²) < 4.78 is 2.56. The van der Waals surface area contributed by atoms with E-state index in [-0.39, 0.29) is 17.2 Å². The highest BCUT2D eigenvalue weighted by molar-refractivity contribution is 9.10. The second kappa shape index (κ2) is 10.5. The lowest BCUT2D eigenvalue weighted by Gasteiger charge is -2.13. The number of carbonyl (C=O) groups is 1. The van der Waals surface area contributed by atoms with Gasteiger partial charge in [0.15, 0.2) is 5.16 Å². The maximum Gasteiger partial charge on any atom is 0.267 e. The fraction of sp³-hybridized carbons (Fsp3) is 0.231. The van der Waals surface area contributed by atoms with E-state index < -0.39 is 0 Å². The van der Waals surface area contributed by atoms with E-state index in [1.165, 1.54) is 16.6 Å². The molecule has 0 atom stereocenters. The van der Waals surface area contributed by atoms with Gasteiger partial charge in [0.25, 0.3) is 11.5 Å². The Balaban J connectivity index is 1.44. The number of nitrogens with one attached hydrogen (secondary N) is 1. The van der Waals surface area contributed by atoms with Gasteiger partial charge >= 0.3 is 0 Å². The number of fused-ring (bicyclic) bond motifs is 3. The van der Waals surface area contributed by atoms with Crippen LogP contribution in [0.1, 0.15) is 34.4 Å². The Morgan fingerprint density at radius 1 is 1.20 bits per heavy atom. The summed E-state index contributed by atoms with van der Waals surface area (Å²) in [6.45, 7) is 1.99. The van der Waals surface area contributed by atoms with Crippen LogP contribution < -0.4 is 11.0 Å². The molecule has 1 N–H and O–H groups in total. The van der Waals surface area contributed by atoms with Crippen LogP contribution in [0.3, 0.4) is 0 Å². The number of aryl methyl sites for hydroxylation is 3. The summed E-state index contributed by atoms with van der Waals surface area (Å²) in [5.74, 6) is -0.174. The van der Waals surface area contributed by atoms with Crippen LogP contribution in [0.2, 0.25) is 0 Å². The number of thiophene rings is 1. The summed E-state index contributed by atoms with van der Waals surface area (Å²) in [4.78, 5) is 33.2. The lowest BCUT2D eigenvalue weighted by atomic mass is 9.97. The number of amides is 1. The molecule has 1 aliphatic carbocycles. The van der Waals surface area contributed by atoms with E-state index >= 15 is 0 Å². The zero-order valence-corrected chi connectivity index (χ0v) is 22.3. The van der Waals surface area contributed by atoms with Crippen molar-refractivity contribution in [3.05, 3.63) is 84.9 Å². The Labute approximate surface area is 219 Å². The predicted molar refractivity (Wildman–Crippen MR) is 147 cm³/mol. The van der Waals surface area contributed by atoms with E-state index in [1.807, 2.05) is 55.5 Å². The monoisotopic (exact) mass is 566 g/mol. The largest absolute Gasteiger partial charge is 0.272 e. The molecule has 0 aliphatic heterocycles. The topological polar surface area (TPSA) is 76.3 Å². The highest BCUT2D eigenvalue weighted by atomic mass is 79.9. The molecule has 0 fully saturated rings. The average Bonchev–Trinajstić information content (AvgIpc) is 3.23. The van der Waals surface area contributed by atoms with Crippen LogP contribution in [0.15, 0.2) is 68.1 Å². The smallest absolute Gasteiger partial charge is 0.267 e. The van der Waals surface area contributed by atoms with E-state index in [9.17, 15) is 9.59 Å². The maximum atomic E-state index is 13.8. The Bertz CT molecular complexity index is 1490. The van der Waals surface area contributed by atoms with Crippen molar-refractivity contribution >= 4 is 61.4 Å². The lowest BCUT2D eigenvalue weighted by molar-refractivity contribution is -0.118. The standard InChI is InChI=1S/C26H23BrN4O2S2/c1-16-6-2-3-7-17(16)14-28-30-22(32)15-34-26-29-24-23(20-8-4-5-9-21(20)35-24)25(33)31(26)19-12-10-18(27)11-13-19/h2-3,6-7,10-14H,4-5,8-9,15H2,1H3,(H,30,32). The minimum absolute atomic E-state index is 0.0720. The van der Waals surface area contributed by atoms with Gasteiger partial charge in [0.05, 0.1) is 23.0 Å². The number of aromatic nitrogens is 2. The van der Waals surface area contributed by atoms with Crippen LogP contribution in [0, 0.1) is 6.92 Å². The third-order valence-corrected chi connectivity index (χ3v) is 8.61. The Morgan fingerprint density at radius 2 is 1.97 bits per heavy atom. The summed E-state index contributed by atoms with van der Waals surface area (Å²) in [6, 6.07) is 15.4. The van der Waals surface area contributed by atoms with Crippen LogP contribution in [0.4, 0.5) is 0 Å². The quantitative estimate of drug-likeness (QED) is 0.142. The van der Waals surface area contributed by atoms with E-state index in [4.69, 9.17) is 4.98 Å². The minimum atomic E-state index is -0.262. The van der Waals surface area contributed by atoms with Crippen LogP contribution in [0.5, 0.6) is 0 Å². The number of nitrogens with zero attached hydrogens (tertiary/aromatic N) is 3. The molecule has 6 nitrogen and oxygen atoms in total. The van der Waals surface area contributed by atoms with Crippen molar-refractivity contribution in [1.82, 2.24) is 15.0 Å². The molecule has 0 spiro atoms. The molecule has 2 aromatic carbocycles. The second-order valence-electron chi connectivity index (χ2n) is 8.34. The van der Waals surface area contributed by atoms with Crippen molar-refractivity contribution in [3.8, 4) is 5.69 Å². The van der Waals surface area contributed by atoms with Gasteiger partial charge in [-0.2, -0.15) is 5.10 Å². The van der Waals surface area contributed by atoms with Crippen molar-refractivity contribution in [1.29, 1.82) is 0 Å². The molecule has 0 unspecified atom stereocenters. The van der Waals surface area contributed by atoms with Crippen LogP contribution in [0.25, 0.3) is 15.9 Å². The number of hydrazone groups is 1. The van der Waals surface area contributed by atoms with Gasteiger partial charge in [0.2, 0.25) is 0 Å². The molecule has 178 valence electrons. The highest BCUT2D eigenvalue weighted by Gasteiger charge is 2.23. The Hall–Kier alpha value is -2.75. The molecule has 5 rings (SSSR count). The SMILES string of the molecule is Cc1ccccc1C=NNC(=O)CSc1nc2sc3c(c2c(=O)n1-c1ccc(Br)cc1)CCCC3. The first-order valence-electron chi connectivity index (χ1n) is 11.3. The molecule has 2 heterocycles. The lowest BCUT2D eigenvalue weighted by Crippen LogP contribution is -2.24. The number of carbonyl (C=O) groups excluding carboxylic acids is 1. The van der Waals surface area contributed by atoms with Crippen molar-refractivity contribution in [2.24, 2.45) is 5.10 Å². The predicted octanol–water partition coefficient (Wildman–Crippen LogP) is 5.64. The summed E-state index contributed by atoms with van der Waals surface area (Å²) in [6.07, 6.45) is 5.79. The number of benzene rings is 2. The van der Waals surface area contributed by atoms with Crippen molar-refractivity contribution in [2.75, 3.05) is 5.75 Å². The maximum absolute atomic E-state index is 13.8. The van der Waals surface area contributed by atoms with Gasteiger partial charge in [0.1, 0.15) is 4.83 Å². The van der Waals surface area contributed by atoms with Crippen LogP contribution in [-0.4, -0.2) is 27.4 Å². The van der Waals surface area contributed by atoms with E-state index in [0.29, 0.717) is 5.16 Å². The van der Waals surface area contributed by atoms with Gasteiger partial charge in [-0.15, -0.1) is 11.3 Å². The number of thioether (sulfide) groups is 1. The summed E-state index contributed by atoms with van der Waals surface area (Å²) in [5, 5.41) is 5.31. The average molecular weight is 568 g/mol. The normalized spacial score (nSPS) is 13.3. The summed E-state index contributed by atoms with van der Waals surface area (Å²) >= 11 is 6.31. The fourth-order valence-electron chi connectivity index (χ4n) is 4.17. The number of halogens is 1. The highest BCUT2D eigenvalue weighted by Crippen LogP contribution is 2.35. The Morgan fingerprint density at radius 3 is 2.77 bits per heavy atom. The van der Waals surface area contributed by atoms with Gasteiger partial charge < -0.3 is 0 Å². The first kappa shape index (κ1) is 24.0. The zero-order valence-electron chi connectivity index (χ0n) is 19.1. The van der Waals surface area contributed by atoms with Gasteiger partial charge in [-0.25, -0.2) is 10.4 Å². The molecular formula is C26H23BrN4O2S2. The van der Waals surface area contributed by atoms with Crippen LogP contribution in [-0.2, 0) is 17.6 Å². The molecule has 1 amide bonds. The van der Waals surface area contributed by atoms with E-state index in [0.717, 1.165) is 62.8 Å². The van der Waals surface area contributed by atoms with Crippen molar-refractivity contribution in [2.45, 2.75) is 37.8 Å². The molecule has 35 heavy (non-hydrogen) atoms. The molecular weight excluding hydrogens is 544 g/mol. The third kappa shape index (κ3) is 5.12. The van der Waals surface area contributed by atoms with Crippen molar-refractivity contribution < 1.29 is 4.79 Å². The summed E-state index contributed by atoms with van der Waals surface area (Å²) in [5.41, 5.74) is 6.40. The molecule has 9 heteroatoms. The first-order chi connectivity index (χ1) is 17.0. The minimum Gasteiger partial charge on any atom is -0.272 e. The third-order valence-electron chi connectivity index (χ3n) is 5.96. The fourth-order valence-corrected chi connectivity index (χ4v) is 6.54. The molecule has 4 aromatic rings. The summed E-state index contributed by atoms with van der Waals surface area (Å²) in [7, 11) is 0. The van der Waals surface area contributed by atoms with Crippen molar-refractivity contribution in [3.63, 3.8) is 0 Å². The van der Waals surface area contributed by atoms with Gasteiger partial charge in [-0.3, -0.25) is 14.2 Å². The molecule has 0 radical (unpaired) electrons. The van der Waals surface area contributed by atoms with Gasteiger partial charge in [-0.1, -0.05) is 52.0 Å². The second-order valence-corrected chi connectivity index (χ2v) is 11.3. The number of rotatable bonds is 6. The molecule has 2 aromatic heterocycles. The zero-order chi connectivity index (χ0) is 24.4. The van der Waals surface area contributed by atoms with Crippen LogP contribution >= 0.6 is 39.0 Å². The number of hydrogen-bond acceptors (Lipinski definition) is 6. The van der Waals surface area contributed by atoms with E-state index in [2.05, 4.69) is 26.5 Å².